The van der Waals surface area contributed by atoms with E-state index < -0.39 is 131 Å². The van der Waals surface area contributed by atoms with E-state index in [9.17, 15) is 55.3 Å². The number of carbonyl (C=O) groups excluding carboxylic acids is 5. The van der Waals surface area contributed by atoms with E-state index in [1.54, 1.807) is 26.8 Å². The van der Waals surface area contributed by atoms with Crippen LogP contribution in [0.15, 0.2) is 60.0 Å². The van der Waals surface area contributed by atoms with Gasteiger partial charge in [-0.25, -0.2) is 26.0 Å². The number of nitro groups is 1. The van der Waals surface area contributed by atoms with Crippen molar-refractivity contribution in [3.63, 3.8) is 0 Å². The quantitative estimate of drug-likeness (QED) is 0.113. The second kappa shape index (κ2) is 16.8. The summed E-state index contributed by atoms with van der Waals surface area (Å²) < 4.78 is 81.5. The Balaban J connectivity index is 1.30. The maximum absolute atomic E-state index is 14.8. The van der Waals surface area contributed by atoms with Gasteiger partial charge in [-0.05, 0) is 57.7 Å². The molecule has 2 aliphatic heterocycles. The van der Waals surface area contributed by atoms with Crippen molar-refractivity contribution in [2.24, 2.45) is 11.8 Å². The molecule has 1 saturated heterocycles. The molecule has 4 amide bonds. The van der Waals surface area contributed by atoms with Crippen LogP contribution in [0.3, 0.4) is 0 Å². The number of carbonyl (C=O) groups is 5. The molecule has 1 unspecified atom stereocenters. The Morgan fingerprint density at radius 3 is 2.38 bits per heavy atom. The zero-order chi connectivity index (χ0) is 44.8. The summed E-state index contributed by atoms with van der Waals surface area (Å²) in [6.07, 6.45) is -1.15. The minimum atomic E-state index is -4.70. The fourth-order valence-electron chi connectivity index (χ4n) is 7.57. The van der Waals surface area contributed by atoms with Crippen molar-refractivity contribution in [2.45, 2.75) is 99.4 Å². The second-order valence-electron chi connectivity index (χ2n) is 16.7. The molecule has 2 aromatic rings. The lowest BCUT2D eigenvalue weighted by atomic mass is 10.0. The lowest BCUT2D eigenvalue weighted by molar-refractivity contribution is -0.387. The van der Waals surface area contributed by atoms with Crippen LogP contribution in [0, 0.1) is 27.8 Å². The number of halogens is 1. The lowest BCUT2D eigenvalue weighted by Gasteiger charge is -2.31. The molecule has 0 aromatic heterocycles. The van der Waals surface area contributed by atoms with E-state index >= 15 is 0 Å². The van der Waals surface area contributed by atoms with Crippen LogP contribution in [-0.4, -0.2) is 114 Å². The zero-order valence-electron chi connectivity index (χ0n) is 33.9. The van der Waals surface area contributed by atoms with Crippen LogP contribution >= 0.6 is 0 Å². The number of nitrogens with zero attached hydrogens (tertiary/aromatic N) is 4. The number of benzene rings is 2. The van der Waals surface area contributed by atoms with Gasteiger partial charge in [0.2, 0.25) is 31.9 Å². The molecule has 5 atom stereocenters. The van der Waals surface area contributed by atoms with E-state index in [1.165, 1.54) is 35.2 Å². The van der Waals surface area contributed by atoms with Gasteiger partial charge in [-0.2, -0.15) is 4.31 Å². The molecule has 2 heterocycles. The molecular formula is C39H47FN6O13S2. The number of likely N-dealkylation sites (tertiary alicyclic amines) is 1. The Hall–Kier alpha value is -5.48. The van der Waals surface area contributed by atoms with Crippen LogP contribution in [0.25, 0.3) is 0 Å². The molecule has 22 heteroatoms. The van der Waals surface area contributed by atoms with Gasteiger partial charge in [0.15, 0.2) is 4.90 Å². The number of para-hydroxylation sites is 1. The van der Waals surface area contributed by atoms with E-state index in [4.69, 9.17) is 9.47 Å². The summed E-state index contributed by atoms with van der Waals surface area (Å²) >= 11 is 0. The molecule has 6 rings (SSSR count). The summed E-state index contributed by atoms with van der Waals surface area (Å²) in [4.78, 5) is 81.8. The van der Waals surface area contributed by atoms with Crippen molar-refractivity contribution in [1.82, 2.24) is 24.1 Å². The van der Waals surface area contributed by atoms with Crippen LogP contribution in [0.4, 0.5) is 14.9 Å². The van der Waals surface area contributed by atoms with Crippen LogP contribution < -0.4 is 10.0 Å². The number of ether oxygens (including phenoxy) is 2. The monoisotopic (exact) mass is 890 g/mol. The highest BCUT2D eigenvalue weighted by atomic mass is 32.2. The molecule has 0 spiro atoms. The third-order valence-corrected chi connectivity index (χ3v) is 14.6. The van der Waals surface area contributed by atoms with Crippen molar-refractivity contribution in [1.29, 1.82) is 0 Å². The largest absolute Gasteiger partial charge is 0.460 e. The van der Waals surface area contributed by atoms with Crippen molar-refractivity contribution in [3.05, 3.63) is 82.2 Å². The normalized spacial score (nSPS) is 22.8. The van der Waals surface area contributed by atoms with Crippen LogP contribution in [0.2, 0.25) is 0 Å². The third-order valence-electron chi connectivity index (χ3n) is 11.0. The fourth-order valence-corrected chi connectivity index (χ4v) is 10.3. The Bertz CT molecular complexity index is 2390. The molecule has 2 aromatic carbocycles. The molecular weight excluding hydrogens is 844 g/mol. The SMILES string of the molecule is C=C[C@@H]1C[C@]1(NC(=O)[C@@H]1CC(OC(=O)N2Cc3cccc(F)c3C2)CN1C(=O)[C@@H](CC(=O)OC(C)(C)C)CN(C)S(=O)(=O)c1ccccc1[N+](=O)[O-])C(=O)NS(=O)(=O)C1CC1. The van der Waals surface area contributed by atoms with Gasteiger partial charge in [0.25, 0.3) is 11.6 Å². The van der Waals surface area contributed by atoms with E-state index in [0.717, 1.165) is 24.1 Å². The number of hydrogen-bond donors (Lipinski definition) is 2. The average molecular weight is 891 g/mol. The van der Waals surface area contributed by atoms with E-state index in [1.807, 2.05) is 4.72 Å². The molecule has 2 saturated carbocycles. The first-order valence-electron chi connectivity index (χ1n) is 19.4. The predicted octanol–water partition coefficient (Wildman–Crippen LogP) is 2.49. The number of fused-ring (bicyclic) bond motifs is 1. The van der Waals surface area contributed by atoms with Crippen molar-refractivity contribution in [2.75, 3.05) is 20.1 Å². The standard InChI is InChI=1S/C39H47FN6O13S2/c1-6-25-18-39(25,36(50)42-60(54,55)27-14-15-27)41-34(48)31-17-26(58-37(51)44-20-23-10-9-11-29(40)28(23)22-44)21-45(31)35(49)24(16-33(47)59-38(2,3)4)19-43(5)61(56,57)32-13-8-7-12-30(32)46(52)53/h6-13,24-27,31H,1,14-22H2,2-5H3,(H,41,48)(H,42,50)/t24-,25+,26?,31-,39+/m0/s1. The summed E-state index contributed by atoms with van der Waals surface area (Å²) in [5.74, 6) is -6.69. The van der Waals surface area contributed by atoms with Crippen molar-refractivity contribution in [3.8, 4) is 0 Å². The van der Waals surface area contributed by atoms with Gasteiger partial charge in [-0.15, -0.1) is 6.58 Å². The van der Waals surface area contributed by atoms with Gasteiger partial charge in [0, 0.05) is 44.1 Å². The molecule has 19 nitrogen and oxygen atoms in total. The smallest absolute Gasteiger partial charge is 0.410 e. The first kappa shape index (κ1) is 45.1. The third kappa shape index (κ3) is 9.70. The number of sulfonamides is 2. The topological polar surface area (TPSA) is 249 Å². The number of amides is 4. The van der Waals surface area contributed by atoms with Crippen LogP contribution in [0.5, 0.6) is 0 Å². The summed E-state index contributed by atoms with van der Waals surface area (Å²) in [5.41, 5.74) is -2.72. The molecule has 330 valence electrons. The summed E-state index contributed by atoms with van der Waals surface area (Å²) in [7, 11) is -7.69. The average Bonchev–Trinajstić information content (AvgIpc) is 4.07. The van der Waals surface area contributed by atoms with Gasteiger partial charge < -0.3 is 19.7 Å². The maximum atomic E-state index is 14.8. The maximum Gasteiger partial charge on any atom is 0.410 e. The predicted molar refractivity (Wildman–Crippen MR) is 212 cm³/mol. The van der Waals surface area contributed by atoms with E-state index in [-0.39, 0.29) is 25.9 Å². The van der Waals surface area contributed by atoms with Gasteiger partial charge in [-0.3, -0.25) is 38.9 Å². The molecule has 2 aliphatic carbocycles. The van der Waals surface area contributed by atoms with Crippen LogP contribution in [0.1, 0.15) is 64.0 Å². The second-order valence-corrected chi connectivity index (χ2v) is 20.6. The number of hydrogen-bond acceptors (Lipinski definition) is 13. The fraction of sp³-hybridized carbons (Fsp3) is 0.513. The molecule has 0 bridgehead atoms. The van der Waals surface area contributed by atoms with Gasteiger partial charge in [0.05, 0.1) is 35.6 Å². The summed E-state index contributed by atoms with van der Waals surface area (Å²) in [6, 6.07) is 7.40. The molecule has 4 aliphatic rings. The minimum Gasteiger partial charge on any atom is -0.460 e. The Morgan fingerprint density at radius 2 is 1.77 bits per heavy atom. The number of nitro benzene ring substituents is 1. The minimum absolute atomic E-state index is 0.00783. The van der Waals surface area contributed by atoms with Crippen molar-refractivity contribution >= 4 is 55.5 Å². The van der Waals surface area contributed by atoms with Gasteiger partial charge in [0.1, 0.15) is 29.1 Å². The lowest BCUT2D eigenvalue weighted by Crippen LogP contribution is -2.57. The summed E-state index contributed by atoms with van der Waals surface area (Å²) in [6.45, 7) is 7.06. The molecule has 3 fully saturated rings. The molecule has 2 N–H and O–H groups in total. The Labute approximate surface area is 351 Å². The van der Waals surface area contributed by atoms with E-state index in [2.05, 4.69) is 11.9 Å². The Kier molecular flexibility index (Phi) is 12.4. The molecule has 0 radical (unpaired) electrons. The summed E-state index contributed by atoms with van der Waals surface area (Å²) in [5, 5.41) is 13.6. The van der Waals surface area contributed by atoms with Gasteiger partial charge in [-0.1, -0.05) is 30.3 Å². The van der Waals surface area contributed by atoms with E-state index in [0.29, 0.717) is 28.3 Å². The highest BCUT2D eigenvalue weighted by molar-refractivity contribution is 7.91. The number of esters is 1. The Morgan fingerprint density at radius 1 is 1.08 bits per heavy atom. The highest BCUT2D eigenvalue weighted by Crippen LogP contribution is 2.45. The van der Waals surface area contributed by atoms with Gasteiger partial charge >= 0.3 is 12.1 Å². The van der Waals surface area contributed by atoms with Crippen molar-refractivity contribution < 1.29 is 59.6 Å². The first-order chi connectivity index (χ1) is 28.5. The molecule has 61 heavy (non-hydrogen) atoms. The number of rotatable bonds is 15. The number of nitrogens with one attached hydrogen (secondary N) is 2. The highest BCUT2D eigenvalue weighted by Gasteiger charge is 2.62. The first-order valence-corrected chi connectivity index (χ1v) is 22.4. The van der Waals surface area contributed by atoms with Crippen LogP contribution in [-0.2, 0) is 61.8 Å². The zero-order valence-corrected chi connectivity index (χ0v) is 35.5.